The van der Waals surface area contributed by atoms with Crippen LogP contribution in [0.25, 0.3) is 0 Å². The van der Waals surface area contributed by atoms with Gasteiger partial charge in [-0.1, -0.05) is 20.8 Å². The first-order valence-corrected chi connectivity index (χ1v) is 5.52. The van der Waals surface area contributed by atoms with Crippen LogP contribution in [0.15, 0.2) is 0 Å². The van der Waals surface area contributed by atoms with Gasteiger partial charge in [0.2, 0.25) is 0 Å². The first-order chi connectivity index (χ1) is 6.04. The van der Waals surface area contributed by atoms with E-state index in [1.54, 1.807) is 0 Å². The number of nitrogens with zero attached hydrogens (tertiary/aromatic N) is 1. The quantitative estimate of drug-likeness (QED) is 0.695. The molecule has 0 aromatic carbocycles. The Hall–Kier alpha value is -0.0800. The standard InChI is InChI=1S/C11H22N2/c1-11(2,3)4-5-13-8-9-6-10(13)7-12-9/h9-10,12H,4-8H2,1-3H3/t9-,10-/m0/s1. The molecular weight excluding hydrogens is 160 g/mol. The minimum atomic E-state index is 0.495. The number of hydrogen-bond donors (Lipinski definition) is 1. The summed E-state index contributed by atoms with van der Waals surface area (Å²) in [4.78, 5) is 2.67. The zero-order valence-electron chi connectivity index (χ0n) is 9.14. The van der Waals surface area contributed by atoms with Gasteiger partial charge in [-0.15, -0.1) is 0 Å². The lowest BCUT2D eigenvalue weighted by Crippen LogP contribution is -2.44. The normalized spacial score (nSPS) is 34.4. The van der Waals surface area contributed by atoms with Gasteiger partial charge in [-0.25, -0.2) is 0 Å². The van der Waals surface area contributed by atoms with Crippen molar-refractivity contribution in [1.82, 2.24) is 10.2 Å². The maximum Gasteiger partial charge on any atom is 0.0236 e. The summed E-state index contributed by atoms with van der Waals surface area (Å²) < 4.78 is 0. The van der Waals surface area contributed by atoms with E-state index in [0.29, 0.717) is 5.41 Å². The number of likely N-dealkylation sites (tertiary alicyclic amines) is 1. The summed E-state index contributed by atoms with van der Waals surface area (Å²) in [5.74, 6) is 0. The molecule has 2 heteroatoms. The van der Waals surface area contributed by atoms with Crippen LogP contribution >= 0.6 is 0 Å². The smallest absolute Gasteiger partial charge is 0.0236 e. The number of hydrogen-bond acceptors (Lipinski definition) is 2. The van der Waals surface area contributed by atoms with Crippen molar-refractivity contribution in [3.63, 3.8) is 0 Å². The van der Waals surface area contributed by atoms with E-state index in [1.807, 2.05) is 0 Å². The van der Waals surface area contributed by atoms with Crippen LogP contribution in [-0.2, 0) is 0 Å². The molecule has 0 amide bonds. The van der Waals surface area contributed by atoms with Gasteiger partial charge >= 0.3 is 0 Å². The number of fused-ring (bicyclic) bond motifs is 2. The van der Waals surface area contributed by atoms with Gasteiger partial charge in [-0.2, -0.15) is 0 Å². The summed E-state index contributed by atoms with van der Waals surface area (Å²) in [6, 6.07) is 1.66. The monoisotopic (exact) mass is 182 g/mol. The predicted octanol–water partition coefficient (Wildman–Crippen LogP) is 1.47. The Balaban J connectivity index is 1.78. The Morgan fingerprint density at radius 3 is 2.62 bits per heavy atom. The summed E-state index contributed by atoms with van der Waals surface area (Å²) in [7, 11) is 0. The van der Waals surface area contributed by atoms with Crippen molar-refractivity contribution >= 4 is 0 Å². The summed E-state index contributed by atoms with van der Waals surface area (Å²) >= 11 is 0. The Morgan fingerprint density at radius 2 is 2.15 bits per heavy atom. The molecule has 1 N–H and O–H groups in total. The average Bonchev–Trinajstić information content (AvgIpc) is 2.58. The second-order valence-corrected chi connectivity index (χ2v) is 5.80. The van der Waals surface area contributed by atoms with Crippen molar-refractivity contribution in [2.75, 3.05) is 19.6 Å². The van der Waals surface area contributed by atoms with Crippen LogP contribution < -0.4 is 5.32 Å². The van der Waals surface area contributed by atoms with Crippen molar-refractivity contribution in [1.29, 1.82) is 0 Å². The first-order valence-electron chi connectivity index (χ1n) is 5.52. The lowest BCUT2D eigenvalue weighted by Gasteiger charge is -2.30. The number of piperazine rings is 1. The van der Waals surface area contributed by atoms with E-state index < -0.39 is 0 Å². The third-order valence-corrected chi connectivity index (χ3v) is 3.32. The SMILES string of the molecule is CC(C)(C)CCN1C[C@@H]2C[C@H]1CN2. The van der Waals surface area contributed by atoms with Gasteiger partial charge in [-0.05, 0) is 24.8 Å². The van der Waals surface area contributed by atoms with Crippen LogP contribution in [0.3, 0.4) is 0 Å². The molecule has 2 saturated heterocycles. The van der Waals surface area contributed by atoms with Crippen LogP contribution in [0.5, 0.6) is 0 Å². The lowest BCUT2D eigenvalue weighted by atomic mass is 9.92. The molecule has 0 aromatic heterocycles. The predicted molar refractivity (Wildman–Crippen MR) is 55.8 cm³/mol. The number of rotatable bonds is 2. The maximum atomic E-state index is 3.54. The first kappa shape index (κ1) is 9.47. The van der Waals surface area contributed by atoms with E-state index in [-0.39, 0.29) is 0 Å². The van der Waals surface area contributed by atoms with Gasteiger partial charge in [-0.3, -0.25) is 4.90 Å². The molecule has 2 bridgehead atoms. The largest absolute Gasteiger partial charge is 0.311 e. The van der Waals surface area contributed by atoms with Crippen molar-refractivity contribution in [3.8, 4) is 0 Å². The molecule has 2 rings (SSSR count). The molecule has 0 aromatic rings. The third kappa shape index (κ3) is 2.23. The highest BCUT2D eigenvalue weighted by Gasteiger charge is 2.37. The molecule has 2 atom stereocenters. The Labute approximate surface area is 81.7 Å². The zero-order chi connectivity index (χ0) is 9.47. The van der Waals surface area contributed by atoms with Crippen LogP contribution in [0.1, 0.15) is 33.6 Å². The summed E-state index contributed by atoms with van der Waals surface area (Å²) in [5.41, 5.74) is 0.495. The highest BCUT2D eigenvalue weighted by molar-refractivity contribution is 4.97. The van der Waals surface area contributed by atoms with Gasteiger partial charge in [0.15, 0.2) is 0 Å². The summed E-state index contributed by atoms with van der Waals surface area (Å²) in [6.07, 6.45) is 2.72. The van der Waals surface area contributed by atoms with Gasteiger partial charge < -0.3 is 5.32 Å². The molecule has 0 radical (unpaired) electrons. The molecular formula is C11H22N2. The van der Waals surface area contributed by atoms with Crippen LogP contribution in [0.2, 0.25) is 0 Å². The molecule has 76 valence electrons. The third-order valence-electron chi connectivity index (χ3n) is 3.32. The highest BCUT2D eigenvalue weighted by Crippen LogP contribution is 2.26. The fourth-order valence-corrected chi connectivity index (χ4v) is 2.40. The van der Waals surface area contributed by atoms with Crippen molar-refractivity contribution in [2.45, 2.75) is 45.7 Å². The van der Waals surface area contributed by atoms with E-state index in [1.165, 1.54) is 32.5 Å². The molecule has 2 aliphatic heterocycles. The summed E-state index contributed by atoms with van der Waals surface area (Å²) in [6.45, 7) is 10.8. The topological polar surface area (TPSA) is 15.3 Å². The molecule has 0 saturated carbocycles. The van der Waals surface area contributed by atoms with E-state index in [4.69, 9.17) is 0 Å². The average molecular weight is 182 g/mol. The fourth-order valence-electron chi connectivity index (χ4n) is 2.40. The molecule has 2 aliphatic rings. The molecule has 0 spiro atoms. The van der Waals surface area contributed by atoms with Crippen molar-refractivity contribution in [3.05, 3.63) is 0 Å². The second kappa shape index (κ2) is 3.25. The van der Waals surface area contributed by atoms with Crippen molar-refractivity contribution in [2.24, 2.45) is 5.41 Å². The lowest BCUT2D eigenvalue weighted by molar-refractivity contribution is 0.193. The van der Waals surface area contributed by atoms with Gasteiger partial charge in [0.1, 0.15) is 0 Å². The molecule has 2 fully saturated rings. The Bertz CT molecular complexity index is 183. The number of nitrogens with one attached hydrogen (secondary N) is 1. The molecule has 2 heterocycles. The highest BCUT2D eigenvalue weighted by atomic mass is 15.3. The van der Waals surface area contributed by atoms with E-state index in [9.17, 15) is 0 Å². The molecule has 0 aliphatic carbocycles. The van der Waals surface area contributed by atoms with E-state index in [2.05, 4.69) is 31.0 Å². The molecule has 0 unspecified atom stereocenters. The fraction of sp³-hybridized carbons (Fsp3) is 1.00. The van der Waals surface area contributed by atoms with Gasteiger partial charge in [0, 0.05) is 25.2 Å². The van der Waals surface area contributed by atoms with Crippen LogP contribution in [0.4, 0.5) is 0 Å². The molecule has 13 heavy (non-hydrogen) atoms. The van der Waals surface area contributed by atoms with Crippen LogP contribution in [0, 0.1) is 5.41 Å². The summed E-state index contributed by atoms with van der Waals surface area (Å²) in [5, 5.41) is 3.54. The second-order valence-electron chi connectivity index (χ2n) is 5.80. The maximum absolute atomic E-state index is 3.54. The van der Waals surface area contributed by atoms with Gasteiger partial charge in [0.25, 0.3) is 0 Å². The Morgan fingerprint density at radius 1 is 1.38 bits per heavy atom. The zero-order valence-corrected chi connectivity index (χ0v) is 9.14. The minimum Gasteiger partial charge on any atom is -0.311 e. The van der Waals surface area contributed by atoms with E-state index >= 15 is 0 Å². The van der Waals surface area contributed by atoms with E-state index in [0.717, 1.165) is 12.1 Å². The van der Waals surface area contributed by atoms with Gasteiger partial charge in [0.05, 0.1) is 0 Å². The van der Waals surface area contributed by atoms with Crippen LogP contribution in [-0.4, -0.2) is 36.6 Å². The minimum absolute atomic E-state index is 0.495. The van der Waals surface area contributed by atoms with Crippen molar-refractivity contribution < 1.29 is 0 Å². The molecule has 2 nitrogen and oxygen atoms in total. The Kier molecular flexibility index (Phi) is 2.37.